The van der Waals surface area contributed by atoms with E-state index in [0.717, 1.165) is 31.1 Å². The summed E-state index contributed by atoms with van der Waals surface area (Å²) in [5.41, 5.74) is 2.52. The fourth-order valence-corrected chi connectivity index (χ4v) is 5.55. The van der Waals surface area contributed by atoms with E-state index in [1.807, 2.05) is 5.38 Å². The molecule has 0 atom stereocenters. The van der Waals surface area contributed by atoms with Gasteiger partial charge in [-0.15, -0.1) is 11.3 Å². The first-order valence-corrected chi connectivity index (χ1v) is 11.9. The number of hydrogen-bond acceptors (Lipinski definition) is 5. The molecular formula is C25H26FN3O2S. The van der Waals surface area contributed by atoms with Gasteiger partial charge >= 0.3 is 0 Å². The van der Waals surface area contributed by atoms with E-state index in [4.69, 9.17) is 4.98 Å². The van der Waals surface area contributed by atoms with Gasteiger partial charge in [-0.05, 0) is 42.5 Å². The molecule has 0 aliphatic carbocycles. The normalized spacial score (nSPS) is 18.4. The maximum Gasteiger partial charge on any atom is 0.256 e. The Morgan fingerprint density at radius 2 is 1.78 bits per heavy atom. The van der Waals surface area contributed by atoms with Crippen LogP contribution in [0.1, 0.15) is 45.0 Å². The maximum atomic E-state index is 14.0. The summed E-state index contributed by atoms with van der Waals surface area (Å²) >= 11 is 1.58. The summed E-state index contributed by atoms with van der Waals surface area (Å²) in [6.45, 7) is 3.44. The summed E-state index contributed by atoms with van der Waals surface area (Å²) in [4.78, 5) is 21.4. The van der Waals surface area contributed by atoms with Crippen LogP contribution in [0, 0.1) is 5.82 Å². The van der Waals surface area contributed by atoms with E-state index in [0.29, 0.717) is 31.6 Å². The molecule has 2 aliphatic rings. The minimum atomic E-state index is -1.05. The highest BCUT2D eigenvalue weighted by Crippen LogP contribution is 2.34. The molecule has 3 heterocycles. The maximum absolute atomic E-state index is 14.0. The van der Waals surface area contributed by atoms with Gasteiger partial charge in [-0.3, -0.25) is 9.69 Å². The zero-order chi connectivity index (χ0) is 22.1. The van der Waals surface area contributed by atoms with Crippen molar-refractivity contribution in [2.45, 2.75) is 38.0 Å². The number of carbonyl (C=O) groups is 1. The molecule has 1 fully saturated rings. The van der Waals surface area contributed by atoms with E-state index < -0.39 is 11.4 Å². The topological polar surface area (TPSA) is 56.7 Å². The molecule has 7 heteroatoms. The number of aromatic nitrogens is 1. The Hall–Kier alpha value is -2.61. The summed E-state index contributed by atoms with van der Waals surface area (Å²) in [5.74, 6) is -0.836. The van der Waals surface area contributed by atoms with Gasteiger partial charge in [0.1, 0.15) is 16.4 Å². The van der Waals surface area contributed by atoms with Gasteiger partial charge in [0.2, 0.25) is 0 Å². The van der Waals surface area contributed by atoms with Crippen LogP contribution in [-0.4, -0.2) is 45.4 Å². The number of benzene rings is 2. The van der Waals surface area contributed by atoms with Crippen LogP contribution in [0.25, 0.3) is 0 Å². The van der Waals surface area contributed by atoms with E-state index in [-0.39, 0.29) is 11.5 Å². The van der Waals surface area contributed by atoms with E-state index >= 15 is 0 Å². The van der Waals surface area contributed by atoms with Crippen LogP contribution in [0.15, 0.2) is 53.9 Å². The number of likely N-dealkylation sites (tertiary alicyclic amines) is 1. The number of aliphatic hydroxyl groups is 1. The molecular weight excluding hydrogens is 425 g/mol. The molecule has 1 aromatic heterocycles. The third-order valence-corrected chi connectivity index (χ3v) is 7.41. The number of carbonyl (C=O) groups excluding carboxylic acids is 1. The van der Waals surface area contributed by atoms with E-state index in [1.165, 1.54) is 23.3 Å². The van der Waals surface area contributed by atoms with Crippen molar-refractivity contribution in [1.29, 1.82) is 0 Å². The van der Waals surface area contributed by atoms with Crippen LogP contribution >= 0.6 is 11.3 Å². The highest BCUT2D eigenvalue weighted by molar-refractivity contribution is 7.09. The number of fused-ring (bicyclic) bond motifs is 1. The molecule has 0 saturated carbocycles. The van der Waals surface area contributed by atoms with Crippen molar-refractivity contribution < 1.29 is 14.3 Å². The third-order valence-electron chi connectivity index (χ3n) is 6.58. The molecule has 0 radical (unpaired) electrons. The van der Waals surface area contributed by atoms with Crippen molar-refractivity contribution >= 4 is 17.2 Å². The highest BCUT2D eigenvalue weighted by atomic mass is 32.1. The van der Waals surface area contributed by atoms with Crippen molar-refractivity contribution in [3.05, 3.63) is 87.1 Å². The number of piperidine rings is 1. The molecule has 5 nitrogen and oxygen atoms in total. The van der Waals surface area contributed by atoms with Gasteiger partial charge in [-0.2, -0.15) is 0 Å². The lowest BCUT2D eigenvalue weighted by Crippen LogP contribution is -2.45. The number of thiazole rings is 1. The molecule has 0 unspecified atom stereocenters. The molecule has 2 aliphatic heterocycles. The second-order valence-corrected chi connectivity index (χ2v) is 9.60. The zero-order valence-electron chi connectivity index (χ0n) is 17.8. The summed E-state index contributed by atoms with van der Waals surface area (Å²) in [5, 5.41) is 14.2. The van der Waals surface area contributed by atoms with Crippen LogP contribution in [0.4, 0.5) is 4.39 Å². The Morgan fingerprint density at radius 3 is 2.56 bits per heavy atom. The minimum absolute atomic E-state index is 0.0805. The first-order chi connectivity index (χ1) is 15.5. The van der Waals surface area contributed by atoms with Gasteiger partial charge in [-0.1, -0.05) is 36.4 Å². The zero-order valence-corrected chi connectivity index (χ0v) is 18.7. The Balaban J connectivity index is 1.21. The highest BCUT2D eigenvalue weighted by Gasteiger charge is 2.38. The molecule has 1 amide bonds. The van der Waals surface area contributed by atoms with Crippen LogP contribution in [0.3, 0.4) is 0 Å². The quantitative estimate of drug-likeness (QED) is 0.652. The van der Waals surface area contributed by atoms with Gasteiger partial charge in [0.25, 0.3) is 5.91 Å². The van der Waals surface area contributed by atoms with Gasteiger partial charge in [0.05, 0.1) is 17.8 Å². The first kappa shape index (κ1) is 21.2. The smallest absolute Gasteiger partial charge is 0.256 e. The van der Waals surface area contributed by atoms with Crippen LogP contribution < -0.4 is 0 Å². The van der Waals surface area contributed by atoms with E-state index in [1.54, 1.807) is 28.4 Å². The van der Waals surface area contributed by atoms with E-state index in [2.05, 4.69) is 29.2 Å². The van der Waals surface area contributed by atoms with Gasteiger partial charge in [0, 0.05) is 31.6 Å². The largest absolute Gasteiger partial charge is 0.383 e. The van der Waals surface area contributed by atoms with Crippen LogP contribution in [-0.2, 0) is 25.1 Å². The SMILES string of the molecule is O=C(c1ccccc1F)N1CCC(O)(c2csc(CN3CCc4ccccc4C3)n2)CC1. The standard InChI is InChI=1S/C25H26FN3O2S/c26-21-8-4-3-7-20(21)24(30)29-13-10-25(31,11-14-29)22-17-32-23(27-22)16-28-12-9-18-5-1-2-6-19(18)15-28/h1-8,17,31H,9-16H2. The molecule has 1 N–H and O–H groups in total. The average Bonchev–Trinajstić information content (AvgIpc) is 3.29. The molecule has 2 aromatic carbocycles. The monoisotopic (exact) mass is 451 g/mol. The van der Waals surface area contributed by atoms with Gasteiger partial charge in [0.15, 0.2) is 0 Å². The second-order valence-electron chi connectivity index (χ2n) is 8.66. The molecule has 0 bridgehead atoms. The number of nitrogens with zero attached hydrogens (tertiary/aromatic N) is 3. The van der Waals surface area contributed by atoms with Gasteiger partial charge < -0.3 is 10.0 Å². The number of rotatable bonds is 4. The van der Waals surface area contributed by atoms with Crippen molar-refractivity contribution in [2.75, 3.05) is 19.6 Å². The van der Waals surface area contributed by atoms with E-state index in [9.17, 15) is 14.3 Å². The summed E-state index contributed by atoms with van der Waals surface area (Å²) < 4.78 is 14.0. The second kappa shape index (κ2) is 8.73. The van der Waals surface area contributed by atoms with Crippen molar-refractivity contribution in [1.82, 2.24) is 14.8 Å². The summed E-state index contributed by atoms with van der Waals surface area (Å²) in [7, 11) is 0. The van der Waals surface area contributed by atoms with Crippen molar-refractivity contribution in [3.8, 4) is 0 Å². The average molecular weight is 452 g/mol. The Kier molecular flexibility index (Phi) is 5.80. The molecule has 3 aromatic rings. The minimum Gasteiger partial charge on any atom is -0.383 e. The number of amides is 1. The number of halogens is 1. The Labute approximate surface area is 191 Å². The Bertz CT molecular complexity index is 1120. The lowest BCUT2D eigenvalue weighted by molar-refractivity contribution is -0.0242. The predicted molar refractivity (Wildman–Crippen MR) is 122 cm³/mol. The fraction of sp³-hybridized carbons (Fsp3) is 0.360. The lowest BCUT2D eigenvalue weighted by Gasteiger charge is -2.37. The predicted octanol–water partition coefficient (Wildman–Crippen LogP) is 3.96. The van der Waals surface area contributed by atoms with Crippen molar-refractivity contribution in [2.24, 2.45) is 0 Å². The fourth-order valence-electron chi connectivity index (χ4n) is 4.62. The van der Waals surface area contributed by atoms with Gasteiger partial charge in [-0.25, -0.2) is 9.37 Å². The number of hydrogen-bond donors (Lipinski definition) is 1. The lowest BCUT2D eigenvalue weighted by atomic mass is 9.88. The molecule has 32 heavy (non-hydrogen) atoms. The Morgan fingerprint density at radius 1 is 1.06 bits per heavy atom. The molecule has 5 rings (SSSR count). The molecule has 0 spiro atoms. The summed E-state index contributed by atoms with van der Waals surface area (Å²) in [6.07, 6.45) is 1.84. The third kappa shape index (κ3) is 4.20. The van der Waals surface area contributed by atoms with Crippen LogP contribution in [0.2, 0.25) is 0 Å². The summed E-state index contributed by atoms with van der Waals surface area (Å²) in [6, 6.07) is 14.6. The molecule has 1 saturated heterocycles. The van der Waals surface area contributed by atoms with Crippen molar-refractivity contribution in [3.63, 3.8) is 0 Å². The first-order valence-electron chi connectivity index (χ1n) is 11.0. The van der Waals surface area contributed by atoms with Crippen LogP contribution in [0.5, 0.6) is 0 Å². The molecule has 166 valence electrons.